The minimum Gasteiger partial charge on any atom is -0.461 e. The van der Waals surface area contributed by atoms with Crippen molar-refractivity contribution in [1.29, 1.82) is 0 Å². The zero-order valence-corrected chi connectivity index (χ0v) is 13.5. The highest BCUT2D eigenvalue weighted by atomic mass is 16.5. The molecule has 0 aromatic carbocycles. The van der Waals surface area contributed by atoms with Crippen LogP contribution in [0.3, 0.4) is 0 Å². The van der Waals surface area contributed by atoms with Gasteiger partial charge in [-0.1, -0.05) is 13.3 Å². The second-order valence-corrected chi connectivity index (χ2v) is 6.13. The summed E-state index contributed by atoms with van der Waals surface area (Å²) in [6, 6.07) is 0.373. The molecule has 2 N–H and O–H groups in total. The summed E-state index contributed by atoms with van der Waals surface area (Å²) < 4.78 is 5.59. The summed E-state index contributed by atoms with van der Waals surface area (Å²) in [5.74, 6) is 2.71. The topological polar surface area (TPSA) is 72.0 Å². The van der Waals surface area contributed by atoms with Gasteiger partial charge in [-0.05, 0) is 45.4 Å². The Morgan fingerprint density at radius 1 is 1.14 bits per heavy atom. The van der Waals surface area contributed by atoms with Gasteiger partial charge in [0.05, 0.1) is 6.10 Å². The van der Waals surface area contributed by atoms with Crippen molar-refractivity contribution in [3.63, 3.8) is 0 Å². The second kappa shape index (κ2) is 7.43. The van der Waals surface area contributed by atoms with E-state index in [0.29, 0.717) is 23.8 Å². The Balaban J connectivity index is 2.00. The molecule has 6 heteroatoms. The van der Waals surface area contributed by atoms with Crippen molar-refractivity contribution < 1.29 is 4.74 Å². The maximum atomic E-state index is 5.59. The van der Waals surface area contributed by atoms with E-state index in [1.54, 1.807) is 0 Å². The monoisotopic (exact) mass is 293 g/mol. The van der Waals surface area contributed by atoms with E-state index in [2.05, 4.69) is 32.5 Å². The minimum atomic E-state index is 0.0467. The third-order valence-corrected chi connectivity index (χ3v) is 3.64. The lowest BCUT2D eigenvalue weighted by Gasteiger charge is -2.14. The van der Waals surface area contributed by atoms with Crippen molar-refractivity contribution in [3.8, 4) is 6.01 Å². The van der Waals surface area contributed by atoms with Crippen LogP contribution in [0.5, 0.6) is 6.01 Å². The van der Waals surface area contributed by atoms with E-state index in [1.165, 1.54) is 19.3 Å². The van der Waals surface area contributed by atoms with Gasteiger partial charge < -0.3 is 15.4 Å². The number of nitrogens with zero attached hydrogens (tertiary/aromatic N) is 3. The Kier molecular flexibility index (Phi) is 5.59. The highest BCUT2D eigenvalue weighted by Gasteiger charge is 2.21. The summed E-state index contributed by atoms with van der Waals surface area (Å²) in [4.78, 5) is 13.0. The number of hydrogen-bond acceptors (Lipinski definition) is 6. The summed E-state index contributed by atoms with van der Waals surface area (Å²) >= 11 is 0. The molecule has 1 aliphatic rings. The molecular formula is C15H27N5O. The van der Waals surface area contributed by atoms with E-state index >= 15 is 0 Å². The van der Waals surface area contributed by atoms with E-state index in [9.17, 15) is 0 Å². The zero-order valence-electron chi connectivity index (χ0n) is 13.5. The molecule has 1 saturated carbocycles. The first-order valence-electron chi connectivity index (χ1n) is 7.97. The smallest absolute Gasteiger partial charge is 0.323 e. The molecule has 0 amide bonds. The fraction of sp³-hybridized carbons (Fsp3) is 0.800. The predicted molar refractivity (Wildman–Crippen MR) is 84.7 cm³/mol. The number of rotatable bonds is 7. The SMILES string of the molecule is CCNc1nc(NCC2CCC(C)C2)nc(OC(C)C)n1. The number of ether oxygens (including phenoxy) is 1. The van der Waals surface area contributed by atoms with E-state index in [4.69, 9.17) is 4.74 Å². The lowest BCUT2D eigenvalue weighted by Crippen LogP contribution is -2.17. The normalized spacial score (nSPS) is 21.6. The number of aromatic nitrogens is 3. The van der Waals surface area contributed by atoms with Gasteiger partial charge in [0, 0.05) is 13.1 Å². The van der Waals surface area contributed by atoms with E-state index in [-0.39, 0.29) is 6.10 Å². The van der Waals surface area contributed by atoms with Crippen LogP contribution in [-0.4, -0.2) is 34.1 Å². The third-order valence-electron chi connectivity index (χ3n) is 3.64. The fourth-order valence-corrected chi connectivity index (χ4v) is 2.68. The molecule has 1 aliphatic carbocycles. The van der Waals surface area contributed by atoms with Crippen LogP contribution in [-0.2, 0) is 0 Å². The number of anilines is 2. The first-order valence-corrected chi connectivity index (χ1v) is 7.97. The first-order chi connectivity index (χ1) is 10.1. The van der Waals surface area contributed by atoms with Gasteiger partial charge in [0.15, 0.2) is 0 Å². The van der Waals surface area contributed by atoms with Gasteiger partial charge in [-0.15, -0.1) is 0 Å². The Hall–Kier alpha value is -1.59. The Morgan fingerprint density at radius 2 is 1.86 bits per heavy atom. The summed E-state index contributed by atoms with van der Waals surface area (Å²) in [6.07, 6.45) is 3.95. The molecule has 0 aliphatic heterocycles. The molecule has 118 valence electrons. The van der Waals surface area contributed by atoms with Crippen LogP contribution >= 0.6 is 0 Å². The molecule has 0 saturated heterocycles. The number of hydrogen-bond donors (Lipinski definition) is 2. The summed E-state index contributed by atoms with van der Waals surface area (Å²) in [5, 5.41) is 6.45. The van der Waals surface area contributed by atoms with Crippen LogP contribution < -0.4 is 15.4 Å². The van der Waals surface area contributed by atoms with Gasteiger partial charge in [0.2, 0.25) is 11.9 Å². The molecule has 0 spiro atoms. The largest absolute Gasteiger partial charge is 0.461 e. The molecule has 2 rings (SSSR count). The fourth-order valence-electron chi connectivity index (χ4n) is 2.68. The van der Waals surface area contributed by atoms with Gasteiger partial charge in [-0.2, -0.15) is 15.0 Å². The summed E-state index contributed by atoms with van der Waals surface area (Å²) in [7, 11) is 0. The molecule has 21 heavy (non-hydrogen) atoms. The minimum absolute atomic E-state index is 0.0467. The highest BCUT2D eigenvalue weighted by Crippen LogP contribution is 2.30. The van der Waals surface area contributed by atoms with E-state index in [0.717, 1.165) is 19.0 Å². The number of nitrogens with one attached hydrogen (secondary N) is 2. The lowest BCUT2D eigenvalue weighted by atomic mass is 10.1. The predicted octanol–water partition coefficient (Wildman–Crippen LogP) is 2.94. The van der Waals surface area contributed by atoms with Crippen molar-refractivity contribution in [2.45, 2.75) is 53.1 Å². The quantitative estimate of drug-likeness (QED) is 0.805. The van der Waals surface area contributed by atoms with Crippen LogP contribution in [0.25, 0.3) is 0 Å². The molecule has 2 atom stereocenters. The van der Waals surface area contributed by atoms with Gasteiger partial charge in [0.1, 0.15) is 0 Å². The first kappa shape index (κ1) is 15.8. The maximum absolute atomic E-state index is 5.59. The standard InChI is InChI=1S/C15H27N5O/c1-5-16-13-18-14(20-15(19-13)21-10(2)3)17-9-12-7-6-11(4)8-12/h10-12H,5-9H2,1-4H3,(H2,16,17,18,19,20). The van der Waals surface area contributed by atoms with Crippen LogP contribution in [0, 0.1) is 11.8 Å². The van der Waals surface area contributed by atoms with Gasteiger partial charge in [-0.3, -0.25) is 0 Å². The highest BCUT2D eigenvalue weighted by molar-refractivity contribution is 5.35. The molecular weight excluding hydrogens is 266 g/mol. The molecule has 2 unspecified atom stereocenters. The van der Waals surface area contributed by atoms with Crippen LogP contribution in [0.4, 0.5) is 11.9 Å². The Bertz CT molecular complexity index is 452. The van der Waals surface area contributed by atoms with Crippen molar-refractivity contribution in [2.75, 3.05) is 23.7 Å². The van der Waals surface area contributed by atoms with Gasteiger partial charge in [0.25, 0.3) is 0 Å². The summed E-state index contributed by atoms with van der Waals surface area (Å²) in [5.41, 5.74) is 0. The molecule has 6 nitrogen and oxygen atoms in total. The Labute approximate surface area is 127 Å². The maximum Gasteiger partial charge on any atom is 0.323 e. The molecule has 1 aromatic rings. The van der Waals surface area contributed by atoms with Crippen LogP contribution in [0.2, 0.25) is 0 Å². The third kappa shape index (κ3) is 5.02. The van der Waals surface area contributed by atoms with Gasteiger partial charge in [-0.25, -0.2) is 0 Å². The van der Waals surface area contributed by atoms with Crippen molar-refractivity contribution >= 4 is 11.9 Å². The lowest BCUT2D eigenvalue weighted by molar-refractivity contribution is 0.222. The average Bonchev–Trinajstić information content (AvgIpc) is 2.82. The molecule has 1 heterocycles. The van der Waals surface area contributed by atoms with Crippen molar-refractivity contribution in [2.24, 2.45) is 11.8 Å². The molecule has 0 bridgehead atoms. The van der Waals surface area contributed by atoms with Crippen LogP contribution in [0.1, 0.15) is 47.0 Å². The average molecular weight is 293 g/mol. The van der Waals surface area contributed by atoms with Gasteiger partial charge >= 0.3 is 6.01 Å². The molecule has 1 fully saturated rings. The Morgan fingerprint density at radius 3 is 2.43 bits per heavy atom. The second-order valence-electron chi connectivity index (χ2n) is 6.13. The van der Waals surface area contributed by atoms with Crippen LogP contribution in [0.15, 0.2) is 0 Å². The van der Waals surface area contributed by atoms with E-state index < -0.39 is 0 Å². The summed E-state index contributed by atoms with van der Waals surface area (Å²) in [6.45, 7) is 9.94. The molecule has 0 radical (unpaired) electrons. The van der Waals surface area contributed by atoms with Crippen molar-refractivity contribution in [3.05, 3.63) is 0 Å². The van der Waals surface area contributed by atoms with E-state index in [1.807, 2.05) is 20.8 Å². The molecule has 1 aromatic heterocycles. The van der Waals surface area contributed by atoms with Crippen molar-refractivity contribution in [1.82, 2.24) is 15.0 Å². The zero-order chi connectivity index (χ0) is 15.2.